The standard InChI is InChI=1S/C24H25FN8O3/c1-26-20-12-19(30-18-6-4-10-32(24(18)35)22-17(25)5-3-9-27-22)31-21-16(13-28-33(20)21)23(34)29-14-7-8-15(11-14)36-2/h3-6,9-10,12-15,26H,7-8,11H2,1-2H3,(H,29,34)(H,30,31)/t14?,15-/m1/s1. The summed E-state index contributed by atoms with van der Waals surface area (Å²) in [5, 5.41) is 13.4. The van der Waals surface area contributed by atoms with Gasteiger partial charge < -0.3 is 20.7 Å². The number of nitrogens with one attached hydrogen (secondary N) is 3. The number of methoxy groups -OCH3 is 1. The molecule has 186 valence electrons. The van der Waals surface area contributed by atoms with E-state index < -0.39 is 11.4 Å². The zero-order valence-corrected chi connectivity index (χ0v) is 19.7. The van der Waals surface area contributed by atoms with Gasteiger partial charge in [0.2, 0.25) is 0 Å². The van der Waals surface area contributed by atoms with Crippen LogP contribution in [0.3, 0.4) is 0 Å². The molecule has 1 unspecified atom stereocenters. The lowest BCUT2D eigenvalue weighted by molar-refractivity contribution is 0.0916. The fourth-order valence-electron chi connectivity index (χ4n) is 4.36. The van der Waals surface area contributed by atoms with E-state index in [1.54, 1.807) is 32.4 Å². The van der Waals surface area contributed by atoms with Crippen LogP contribution in [0.25, 0.3) is 11.5 Å². The molecular weight excluding hydrogens is 467 g/mol. The van der Waals surface area contributed by atoms with E-state index in [2.05, 4.69) is 31.0 Å². The number of hydrogen-bond acceptors (Lipinski definition) is 8. The predicted octanol–water partition coefficient (Wildman–Crippen LogP) is 2.50. The minimum absolute atomic E-state index is 0.0113. The number of pyridine rings is 2. The second-order valence-corrected chi connectivity index (χ2v) is 8.44. The van der Waals surface area contributed by atoms with E-state index in [-0.39, 0.29) is 29.6 Å². The van der Waals surface area contributed by atoms with E-state index in [4.69, 9.17) is 4.74 Å². The molecule has 4 aromatic heterocycles. The summed E-state index contributed by atoms with van der Waals surface area (Å²) >= 11 is 0. The average molecular weight is 493 g/mol. The van der Waals surface area contributed by atoms with Crippen LogP contribution in [0.2, 0.25) is 0 Å². The fraction of sp³-hybridized carbons (Fsp3) is 0.292. The topological polar surface area (TPSA) is 127 Å². The van der Waals surface area contributed by atoms with E-state index in [0.29, 0.717) is 22.8 Å². The van der Waals surface area contributed by atoms with Gasteiger partial charge >= 0.3 is 0 Å². The van der Waals surface area contributed by atoms with E-state index in [9.17, 15) is 14.0 Å². The van der Waals surface area contributed by atoms with Crippen LogP contribution in [0, 0.1) is 5.82 Å². The maximum Gasteiger partial charge on any atom is 0.280 e. The van der Waals surface area contributed by atoms with Crippen molar-refractivity contribution in [1.82, 2.24) is 29.5 Å². The summed E-state index contributed by atoms with van der Waals surface area (Å²) in [6.07, 6.45) is 6.92. The average Bonchev–Trinajstić information content (AvgIpc) is 3.52. The molecule has 36 heavy (non-hydrogen) atoms. The van der Waals surface area contributed by atoms with Crippen molar-refractivity contribution in [2.45, 2.75) is 31.4 Å². The van der Waals surface area contributed by atoms with Crippen molar-refractivity contribution in [2.75, 3.05) is 24.8 Å². The number of nitrogens with zero attached hydrogens (tertiary/aromatic N) is 5. The molecule has 11 nitrogen and oxygen atoms in total. The summed E-state index contributed by atoms with van der Waals surface area (Å²) in [7, 11) is 3.38. The van der Waals surface area contributed by atoms with Crippen molar-refractivity contribution in [3.8, 4) is 5.82 Å². The molecule has 12 heteroatoms. The summed E-state index contributed by atoms with van der Waals surface area (Å²) < 4.78 is 22.3. The predicted molar refractivity (Wildman–Crippen MR) is 132 cm³/mol. The van der Waals surface area contributed by atoms with E-state index in [0.717, 1.165) is 23.8 Å². The third kappa shape index (κ3) is 4.38. The number of anilines is 3. The van der Waals surface area contributed by atoms with Gasteiger partial charge in [0, 0.05) is 38.7 Å². The molecule has 0 aromatic carbocycles. The molecule has 0 radical (unpaired) electrons. The van der Waals surface area contributed by atoms with Crippen LogP contribution < -0.4 is 21.5 Å². The van der Waals surface area contributed by atoms with Crippen LogP contribution in [0.1, 0.15) is 29.6 Å². The molecule has 4 aromatic rings. The second-order valence-electron chi connectivity index (χ2n) is 8.44. The third-order valence-corrected chi connectivity index (χ3v) is 6.20. The van der Waals surface area contributed by atoms with Crippen molar-refractivity contribution in [3.63, 3.8) is 0 Å². The number of carbonyl (C=O) groups excluding carboxylic acids is 1. The largest absolute Gasteiger partial charge is 0.381 e. The zero-order valence-electron chi connectivity index (χ0n) is 19.7. The Morgan fingerprint density at radius 2 is 2.11 bits per heavy atom. The molecule has 5 rings (SSSR count). The van der Waals surface area contributed by atoms with Gasteiger partial charge in [-0.1, -0.05) is 0 Å². The highest BCUT2D eigenvalue weighted by Gasteiger charge is 2.27. The van der Waals surface area contributed by atoms with Gasteiger partial charge in [-0.05, 0) is 43.5 Å². The highest BCUT2D eigenvalue weighted by Crippen LogP contribution is 2.24. The summed E-state index contributed by atoms with van der Waals surface area (Å²) in [6.45, 7) is 0. The number of rotatable bonds is 7. The van der Waals surface area contributed by atoms with Crippen molar-refractivity contribution in [1.29, 1.82) is 0 Å². The van der Waals surface area contributed by atoms with Gasteiger partial charge in [0.05, 0.1) is 12.3 Å². The Kier molecular flexibility index (Phi) is 6.34. The Hall–Kier alpha value is -4.32. The monoisotopic (exact) mass is 492 g/mol. The lowest BCUT2D eigenvalue weighted by Crippen LogP contribution is -2.33. The Morgan fingerprint density at radius 1 is 1.25 bits per heavy atom. The molecule has 0 spiro atoms. The molecular formula is C24H25FN8O3. The molecule has 1 aliphatic carbocycles. The smallest absolute Gasteiger partial charge is 0.280 e. The quantitative estimate of drug-likeness (QED) is 0.359. The molecule has 1 aliphatic rings. The van der Waals surface area contributed by atoms with Crippen LogP contribution in [0.15, 0.2) is 53.7 Å². The van der Waals surface area contributed by atoms with Gasteiger partial charge in [-0.25, -0.2) is 14.4 Å². The van der Waals surface area contributed by atoms with Gasteiger partial charge in [-0.3, -0.25) is 14.2 Å². The number of amides is 1. The van der Waals surface area contributed by atoms with Crippen molar-refractivity contribution in [3.05, 3.63) is 70.7 Å². The van der Waals surface area contributed by atoms with Crippen LogP contribution in [0.4, 0.5) is 21.7 Å². The van der Waals surface area contributed by atoms with Crippen LogP contribution in [0.5, 0.6) is 0 Å². The van der Waals surface area contributed by atoms with Gasteiger partial charge in [-0.15, -0.1) is 0 Å². The Bertz CT molecular complexity index is 1480. The SMILES string of the molecule is CNc1cc(Nc2cccn(-c3ncccc3F)c2=O)nc2c(C(=O)NC3CC[C@@H](OC)C3)cnn12. The van der Waals surface area contributed by atoms with E-state index in [1.165, 1.54) is 35.2 Å². The number of fused-ring (bicyclic) bond motifs is 1. The first-order chi connectivity index (χ1) is 17.5. The summed E-state index contributed by atoms with van der Waals surface area (Å²) in [4.78, 5) is 34.6. The molecule has 1 fully saturated rings. The van der Waals surface area contributed by atoms with Crippen LogP contribution >= 0.6 is 0 Å². The summed E-state index contributed by atoms with van der Waals surface area (Å²) in [5.74, 6) is -0.163. The maximum atomic E-state index is 14.2. The highest BCUT2D eigenvalue weighted by molar-refractivity contribution is 6.00. The molecule has 0 bridgehead atoms. The van der Waals surface area contributed by atoms with E-state index >= 15 is 0 Å². The number of aromatic nitrogens is 5. The number of ether oxygens (including phenoxy) is 1. The first kappa shape index (κ1) is 23.4. The first-order valence-corrected chi connectivity index (χ1v) is 11.5. The summed E-state index contributed by atoms with van der Waals surface area (Å²) in [5.41, 5.74) is 0.263. The van der Waals surface area contributed by atoms with Crippen LogP contribution in [-0.2, 0) is 4.74 Å². The minimum Gasteiger partial charge on any atom is -0.381 e. The van der Waals surface area contributed by atoms with Crippen LogP contribution in [-0.4, -0.2) is 56.4 Å². The Balaban J connectivity index is 1.47. The first-order valence-electron chi connectivity index (χ1n) is 11.5. The van der Waals surface area contributed by atoms with Crippen molar-refractivity contribution < 1.29 is 13.9 Å². The Labute approximate surface area is 205 Å². The van der Waals surface area contributed by atoms with Gasteiger partial charge in [0.25, 0.3) is 11.5 Å². The van der Waals surface area contributed by atoms with Gasteiger partial charge in [-0.2, -0.15) is 9.61 Å². The lowest BCUT2D eigenvalue weighted by Gasteiger charge is -2.13. The number of halogens is 1. The highest BCUT2D eigenvalue weighted by atomic mass is 19.1. The lowest BCUT2D eigenvalue weighted by atomic mass is 10.2. The molecule has 1 saturated carbocycles. The normalized spacial score (nSPS) is 17.3. The molecule has 0 saturated heterocycles. The second kappa shape index (κ2) is 9.74. The summed E-state index contributed by atoms with van der Waals surface area (Å²) in [6, 6.07) is 7.50. The van der Waals surface area contributed by atoms with Gasteiger partial charge in [0.1, 0.15) is 22.9 Å². The molecule has 4 heterocycles. The number of hydrogen-bond donors (Lipinski definition) is 3. The van der Waals surface area contributed by atoms with E-state index in [1.807, 2.05) is 0 Å². The van der Waals surface area contributed by atoms with Crippen molar-refractivity contribution in [2.24, 2.45) is 0 Å². The molecule has 3 N–H and O–H groups in total. The number of carbonyl (C=O) groups is 1. The molecule has 2 atom stereocenters. The molecule has 1 amide bonds. The fourth-order valence-corrected chi connectivity index (χ4v) is 4.36. The Morgan fingerprint density at radius 3 is 2.86 bits per heavy atom. The molecule has 0 aliphatic heterocycles. The van der Waals surface area contributed by atoms with Crippen molar-refractivity contribution >= 4 is 28.9 Å². The third-order valence-electron chi connectivity index (χ3n) is 6.20. The minimum atomic E-state index is -0.622. The van der Waals surface area contributed by atoms with Gasteiger partial charge in [0.15, 0.2) is 17.3 Å². The maximum absolute atomic E-state index is 14.2. The zero-order chi connectivity index (χ0) is 25.2.